The van der Waals surface area contributed by atoms with Crippen molar-refractivity contribution >= 4 is 27.3 Å². The van der Waals surface area contributed by atoms with E-state index in [-0.39, 0.29) is 11.5 Å². The first-order chi connectivity index (χ1) is 11.6. The third-order valence-corrected chi connectivity index (χ3v) is 6.22. The first-order valence-electron chi connectivity index (χ1n) is 7.87. The molecular formula is C17H21N3O4S. The summed E-state index contributed by atoms with van der Waals surface area (Å²) in [6.45, 7) is 2.97. The number of para-hydroxylation sites is 1. The van der Waals surface area contributed by atoms with Crippen LogP contribution in [0.1, 0.15) is 25.8 Å². The highest BCUT2D eigenvalue weighted by Gasteiger charge is 2.42. The van der Waals surface area contributed by atoms with Crippen molar-refractivity contribution in [1.29, 1.82) is 5.26 Å². The SMILES string of the molecule is CN(C(=O)C(C)(C)C(=O)Nc1ccccc1C#N)C1CCS(=O)(=O)C1. The van der Waals surface area contributed by atoms with Crippen LogP contribution >= 0.6 is 0 Å². The fraction of sp³-hybridized carbons (Fsp3) is 0.471. The molecule has 2 rings (SSSR count). The summed E-state index contributed by atoms with van der Waals surface area (Å²) < 4.78 is 23.2. The van der Waals surface area contributed by atoms with Crippen LogP contribution in [-0.4, -0.2) is 49.7 Å². The van der Waals surface area contributed by atoms with Gasteiger partial charge in [0.1, 0.15) is 11.5 Å². The van der Waals surface area contributed by atoms with E-state index in [1.165, 1.54) is 25.8 Å². The Balaban J connectivity index is 2.15. The van der Waals surface area contributed by atoms with Crippen molar-refractivity contribution < 1.29 is 18.0 Å². The summed E-state index contributed by atoms with van der Waals surface area (Å²) in [7, 11) is -1.61. The Morgan fingerprint density at radius 3 is 2.52 bits per heavy atom. The monoisotopic (exact) mass is 363 g/mol. The number of carbonyl (C=O) groups excluding carboxylic acids is 2. The summed E-state index contributed by atoms with van der Waals surface area (Å²) in [5, 5.41) is 11.7. The molecule has 1 atom stereocenters. The van der Waals surface area contributed by atoms with E-state index in [0.717, 1.165) is 0 Å². The fourth-order valence-electron chi connectivity index (χ4n) is 2.75. The van der Waals surface area contributed by atoms with Crippen LogP contribution in [0.5, 0.6) is 0 Å². The molecule has 0 aliphatic carbocycles. The molecular weight excluding hydrogens is 342 g/mol. The summed E-state index contributed by atoms with van der Waals surface area (Å²) in [6, 6.07) is 8.08. The van der Waals surface area contributed by atoms with Gasteiger partial charge >= 0.3 is 0 Å². The lowest BCUT2D eigenvalue weighted by molar-refractivity contribution is -0.146. The molecule has 8 heteroatoms. The second-order valence-corrected chi connectivity index (χ2v) is 8.94. The molecule has 1 unspecified atom stereocenters. The average molecular weight is 363 g/mol. The molecule has 1 aliphatic heterocycles. The van der Waals surface area contributed by atoms with Gasteiger partial charge in [0.05, 0.1) is 22.8 Å². The highest BCUT2D eigenvalue weighted by molar-refractivity contribution is 7.91. The number of sulfone groups is 1. The van der Waals surface area contributed by atoms with Gasteiger partial charge in [-0.05, 0) is 32.4 Å². The Morgan fingerprint density at radius 2 is 1.96 bits per heavy atom. The van der Waals surface area contributed by atoms with Gasteiger partial charge in [0.2, 0.25) is 11.8 Å². The molecule has 1 N–H and O–H groups in total. The van der Waals surface area contributed by atoms with E-state index in [4.69, 9.17) is 5.26 Å². The lowest BCUT2D eigenvalue weighted by Gasteiger charge is -2.31. The van der Waals surface area contributed by atoms with E-state index in [1.807, 2.05) is 6.07 Å². The van der Waals surface area contributed by atoms with E-state index in [9.17, 15) is 18.0 Å². The summed E-state index contributed by atoms with van der Waals surface area (Å²) in [6.07, 6.45) is 0.375. The molecule has 134 valence electrons. The van der Waals surface area contributed by atoms with E-state index < -0.39 is 33.1 Å². The van der Waals surface area contributed by atoms with Gasteiger partial charge in [0.15, 0.2) is 9.84 Å². The number of rotatable bonds is 4. The lowest BCUT2D eigenvalue weighted by atomic mass is 9.89. The number of hydrogen-bond acceptors (Lipinski definition) is 5. The Labute approximate surface area is 147 Å². The Hall–Kier alpha value is -2.40. The fourth-order valence-corrected chi connectivity index (χ4v) is 4.53. The standard InChI is InChI=1S/C17H21N3O4S/c1-17(2,15(21)19-14-7-5-4-6-12(14)10-18)16(22)20(3)13-8-9-25(23,24)11-13/h4-7,13H,8-9,11H2,1-3H3,(H,19,21). The van der Waals surface area contributed by atoms with Crippen LogP contribution in [0.2, 0.25) is 0 Å². The van der Waals surface area contributed by atoms with Gasteiger partial charge in [-0.3, -0.25) is 9.59 Å². The summed E-state index contributed by atoms with van der Waals surface area (Å²) in [4.78, 5) is 26.7. The average Bonchev–Trinajstić information content (AvgIpc) is 2.93. The van der Waals surface area contributed by atoms with Gasteiger partial charge in [-0.25, -0.2) is 8.42 Å². The van der Waals surface area contributed by atoms with Gasteiger partial charge in [-0.2, -0.15) is 5.26 Å². The molecule has 0 saturated carbocycles. The highest BCUT2D eigenvalue weighted by atomic mass is 32.2. The molecule has 2 amide bonds. The zero-order valence-electron chi connectivity index (χ0n) is 14.4. The molecule has 0 radical (unpaired) electrons. The zero-order chi connectivity index (χ0) is 18.8. The predicted molar refractivity (Wildman–Crippen MR) is 93.4 cm³/mol. The summed E-state index contributed by atoms with van der Waals surface area (Å²) in [5.41, 5.74) is -0.764. The van der Waals surface area contributed by atoms with Crippen molar-refractivity contribution in [2.45, 2.75) is 26.3 Å². The van der Waals surface area contributed by atoms with Gasteiger partial charge in [-0.1, -0.05) is 12.1 Å². The normalized spacial score (nSPS) is 19.0. The number of hydrogen-bond donors (Lipinski definition) is 1. The minimum Gasteiger partial charge on any atom is -0.341 e. The second kappa shape index (κ2) is 6.84. The van der Waals surface area contributed by atoms with Crippen molar-refractivity contribution in [3.05, 3.63) is 29.8 Å². The summed E-state index contributed by atoms with van der Waals surface area (Å²) in [5.74, 6) is -1.03. The van der Waals surface area contributed by atoms with Gasteiger partial charge in [-0.15, -0.1) is 0 Å². The van der Waals surface area contributed by atoms with Crippen molar-refractivity contribution in [2.24, 2.45) is 5.41 Å². The minimum absolute atomic E-state index is 0.0530. The molecule has 1 aliphatic rings. The third kappa shape index (κ3) is 3.99. The molecule has 0 aromatic heterocycles. The van der Waals surface area contributed by atoms with E-state index in [0.29, 0.717) is 17.7 Å². The van der Waals surface area contributed by atoms with Crippen molar-refractivity contribution in [3.63, 3.8) is 0 Å². The predicted octanol–water partition coefficient (Wildman–Crippen LogP) is 1.17. The molecule has 1 fully saturated rings. The maximum absolute atomic E-state index is 12.8. The minimum atomic E-state index is -3.13. The van der Waals surface area contributed by atoms with Crippen molar-refractivity contribution in [3.8, 4) is 6.07 Å². The van der Waals surface area contributed by atoms with Gasteiger partial charge in [0.25, 0.3) is 0 Å². The Morgan fingerprint density at radius 1 is 1.32 bits per heavy atom. The first kappa shape index (κ1) is 18.9. The van der Waals surface area contributed by atoms with Crippen LogP contribution in [0.15, 0.2) is 24.3 Å². The summed E-state index contributed by atoms with van der Waals surface area (Å²) >= 11 is 0. The van der Waals surface area contributed by atoms with Crippen LogP contribution in [0.3, 0.4) is 0 Å². The quantitative estimate of drug-likeness (QED) is 0.808. The maximum Gasteiger partial charge on any atom is 0.239 e. The largest absolute Gasteiger partial charge is 0.341 e. The third-order valence-electron chi connectivity index (χ3n) is 4.47. The number of anilines is 1. The maximum atomic E-state index is 12.8. The first-order valence-corrected chi connectivity index (χ1v) is 9.69. The highest BCUT2D eigenvalue weighted by Crippen LogP contribution is 2.26. The van der Waals surface area contributed by atoms with Gasteiger partial charge in [0, 0.05) is 13.1 Å². The lowest BCUT2D eigenvalue weighted by Crippen LogP contribution is -2.49. The number of nitriles is 1. The number of carbonyl (C=O) groups is 2. The molecule has 1 aromatic carbocycles. The van der Waals surface area contributed by atoms with Crippen LogP contribution in [0, 0.1) is 16.7 Å². The molecule has 7 nitrogen and oxygen atoms in total. The molecule has 25 heavy (non-hydrogen) atoms. The molecule has 1 saturated heterocycles. The smallest absolute Gasteiger partial charge is 0.239 e. The molecule has 0 bridgehead atoms. The van der Waals surface area contributed by atoms with Crippen LogP contribution in [0.4, 0.5) is 5.69 Å². The molecule has 1 aromatic rings. The molecule has 1 heterocycles. The van der Waals surface area contributed by atoms with E-state index >= 15 is 0 Å². The van der Waals surface area contributed by atoms with E-state index in [2.05, 4.69) is 5.32 Å². The second-order valence-electron chi connectivity index (χ2n) is 6.71. The van der Waals surface area contributed by atoms with E-state index in [1.54, 1.807) is 24.3 Å². The van der Waals surface area contributed by atoms with Gasteiger partial charge < -0.3 is 10.2 Å². The zero-order valence-corrected chi connectivity index (χ0v) is 15.3. The van der Waals surface area contributed by atoms with Crippen LogP contribution < -0.4 is 5.32 Å². The Bertz CT molecular complexity index is 840. The number of nitrogens with zero attached hydrogens (tertiary/aromatic N) is 2. The topological polar surface area (TPSA) is 107 Å². The van der Waals surface area contributed by atoms with Crippen molar-refractivity contribution in [2.75, 3.05) is 23.9 Å². The number of amides is 2. The van der Waals surface area contributed by atoms with Crippen LogP contribution in [0.25, 0.3) is 0 Å². The number of nitrogens with one attached hydrogen (secondary N) is 1. The molecule has 0 spiro atoms. The van der Waals surface area contributed by atoms with Crippen LogP contribution in [-0.2, 0) is 19.4 Å². The number of benzene rings is 1. The van der Waals surface area contributed by atoms with Crippen molar-refractivity contribution in [1.82, 2.24) is 4.90 Å². The Kier molecular flexibility index (Phi) is 5.18.